The first-order valence-electron chi connectivity index (χ1n) is 8.19. The Morgan fingerprint density at radius 1 is 1.21 bits per heavy atom. The molecule has 5 heteroatoms. The maximum absolute atomic E-state index is 13.6. The average Bonchev–Trinajstić information content (AvgIpc) is 2.93. The molecule has 0 aliphatic heterocycles. The second-order valence-corrected chi connectivity index (χ2v) is 5.70. The first-order chi connectivity index (χ1) is 11.6. The molecular formula is C19H20FN3O. The van der Waals surface area contributed by atoms with Crippen molar-refractivity contribution in [2.45, 2.75) is 33.1 Å². The predicted octanol–water partition coefficient (Wildman–Crippen LogP) is 4.24. The summed E-state index contributed by atoms with van der Waals surface area (Å²) in [5.74, 6) is -0.664. The molecule has 3 aromatic rings. The lowest BCUT2D eigenvalue weighted by molar-refractivity contribution is 0.102. The van der Waals surface area contributed by atoms with E-state index >= 15 is 0 Å². The number of rotatable bonds is 5. The second kappa shape index (κ2) is 6.83. The van der Waals surface area contributed by atoms with Gasteiger partial charge in [-0.3, -0.25) is 9.20 Å². The number of para-hydroxylation sites is 1. The van der Waals surface area contributed by atoms with Crippen molar-refractivity contribution in [1.29, 1.82) is 0 Å². The van der Waals surface area contributed by atoms with Gasteiger partial charge in [0, 0.05) is 11.9 Å². The highest BCUT2D eigenvalue weighted by Gasteiger charge is 2.20. The van der Waals surface area contributed by atoms with Crippen LogP contribution in [0.4, 0.5) is 10.1 Å². The number of nitrogens with one attached hydrogen (secondary N) is 1. The van der Waals surface area contributed by atoms with Gasteiger partial charge in [-0.05, 0) is 36.6 Å². The average molecular weight is 325 g/mol. The summed E-state index contributed by atoms with van der Waals surface area (Å²) >= 11 is 0. The third-order valence-electron chi connectivity index (χ3n) is 4.00. The number of hydrogen-bond acceptors (Lipinski definition) is 2. The van der Waals surface area contributed by atoms with Gasteiger partial charge in [0.05, 0.1) is 5.69 Å². The number of amides is 1. The van der Waals surface area contributed by atoms with Gasteiger partial charge in [-0.2, -0.15) is 0 Å². The van der Waals surface area contributed by atoms with Crippen LogP contribution in [-0.2, 0) is 12.8 Å². The van der Waals surface area contributed by atoms with E-state index in [1.807, 2.05) is 38.1 Å². The van der Waals surface area contributed by atoms with Gasteiger partial charge in [-0.1, -0.05) is 38.5 Å². The number of carbonyl (C=O) groups excluding carboxylic acids is 1. The maximum Gasteiger partial charge on any atom is 0.274 e. The highest BCUT2D eigenvalue weighted by molar-refractivity contribution is 6.04. The number of hydrogen-bond donors (Lipinski definition) is 1. The summed E-state index contributed by atoms with van der Waals surface area (Å²) in [7, 11) is 0. The van der Waals surface area contributed by atoms with Gasteiger partial charge < -0.3 is 5.32 Å². The Morgan fingerprint density at radius 2 is 2.00 bits per heavy atom. The number of halogens is 1. The number of aryl methyl sites for hydroxylation is 2. The van der Waals surface area contributed by atoms with E-state index in [-0.39, 0.29) is 5.91 Å². The molecule has 24 heavy (non-hydrogen) atoms. The van der Waals surface area contributed by atoms with E-state index in [1.165, 1.54) is 16.7 Å². The largest absolute Gasteiger partial charge is 0.320 e. The van der Waals surface area contributed by atoms with Crippen LogP contribution in [0.3, 0.4) is 0 Å². The topological polar surface area (TPSA) is 46.4 Å². The third-order valence-corrected chi connectivity index (χ3v) is 4.00. The minimum atomic E-state index is -0.397. The minimum absolute atomic E-state index is 0.266. The maximum atomic E-state index is 13.6. The number of benzene rings is 1. The van der Waals surface area contributed by atoms with Gasteiger partial charge in [-0.25, -0.2) is 9.37 Å². The summed E-state index contributed by atoms with van der Waals surface area (Å²) in [5.41, 5.74) is 3.50. The summed E-state index contributed by atoms with van der Waals surface area (Å²) in [6, 6.07) is 10.6. The monoisotopic (exact) mass is 325 g/mol. The van der Waals surface area contributed by atoms with Crippen LogP contribution in [0, 0.1) is 5.82 Å². The van der Waals surface area contributed by atoms with Crippen molar-refractivity contribution < 1.29 is 9.18 Å². The molecule has 1 N–H and O–H groups in total. The SMILES string of the molecule is CCCc1nc2ccc(F)cn2c1C(=O)Nc1ccccc1CC. The Morgan fingerprint density at radius 3 is 2.75 bits per heavy atom. The fourth-order valence-electron chi connectivity index (χ4n) is 2.85. The summed E-state index contributed by atoms with van der Waals surface area (Å²) in [6.07, 6.45) is 3.65. The molecule has 2 heterocycles. The standard InChI is InChI=1S/C19H20FN3O/c1-3-7-16-18(23-12-14(20)10-11-17(23)21-16)19(24)22-15-9-6-5-8-13(15)4-2/h5-6,8-12H,3-4,7H2,1-2H3,(H,22,24). The first kappa shape index (κ1) is 16.2. The number of fused-ring (bicyclic) bond motifs is 1. The Balaban J connectivity index is 2.05. The molecule has 0 saturated heterocycles. The summed E-state index contributed by atoms with van der Waals surface area (Å²) in [4.78, 5) is 17.4. The molecular weight excluding hydrogens is 305 g/mol. The fourth-order valence-corrected chi connectivity index (χ4v) is 2.85. The van der Waals surface area contributed by atoms with Crippen molar-refractivity contribution in [2.75, 3.05) is 5.32 Å². The third kappa shape index (κ3) is 3.02. The molecule has 3 rings (SSSR count). The van der Waals surface area contributed by atoms with Crippen LogP contribution in [0.1, 0.15) is 42.0 Å². The number of nitrogens with zero attached hydrogens (tertiary/aromatic N) is 2. The highest BCUT2D eigenvalue weighted by Crippen LogP contribution is 2.20. The van der Waals surface area contributed by atoms with E-state index in [0.717, 1.165) is 24.1 Å². The molecule has 124 valence electrons. The smallest absolute Gasteiger partial charge is 0.274 e. The van der Waals surface area contributed by atoms with E-state index in [9.17, 15) is 9.18 Å². The zero-order valence-corrected chi connectivity index (χ0v) is 13.8. The predicted molar refractivity (Wildman–Crippen MR) is 92.9 cm³/mol. The zero-order chi connectivity index (χ0) is 17.1. The van der Waals surface area contributed by atoms with Crippen molar-refractivity contribution >= 4 is 17.2 Å². The Bertz CT molecular complexity index is 885. The first-order valence-corrected chi connectivity index (χ1v) is 8.19. The van der Waals surface area contributed by atoms with Gasteiger partial charge >= 0.3 is 0 Å². The van der Waals surface area contributed by atoms with Gasteiger partial charge in [0.15, 0.2) is 0 Å². The van der Waals surface area contributed by atoms with Gasteiger partial charge in [-0.15, -0.1) is 0 Å². The van der Waals surface area contributed by atoms with Crippen molar-refractivity contribution in [1.82, 2.24) is 9.38 Å². The number of pyridine rings is 1. The number of anilines is 1. The minimum Gasteiger partial charge on any atom is -0.320 e. The van der Waals surface area contributed by atoms with Crippen molar-refractivity contribution in [3.8, 4) is 0 Å². The van der Waals surface area contributed by atoms with Crippen molar-refractivity contribution in [3.05, 3.63) is 65.4 Å². The molecule has 0 bridgehead atoms. The lowest BCUT2D eigenvalue weighted by Gasteiger charge is -2.10. The molecule has 0 aliphatic carbocycles. The molecule has 0 aliphatic rings. The van der Waals surface area contributed by atoms with Crippen LogP contribution < -0.4 is 5.32 Å². The van der Waals surface area contributed by atoms with Gasteiger partial charge in [0.1, 0.15) is 17.2 Å². The number of aromatic nitrogens is 2. The van der Waals surface area contributed by atoms with E-state index in [1.54, 1.807) is 6.07 Å². The molecule has 0 fully saturated rings. The number of imidazole rings is 1. The lowest BCUT2D eigenvalue weighted by atomic mass is 10.1. The van der Waals surface area contributed by atoms with Crippen molar-refractivity contribution in [2.24, 2.45) is 0 Å². The molecule has 1 aromatic carbocycles. The quantitative estimate of drug-likeness (QED) is 0.762. The second-order valence-electron chi connectivity index (χ2n) is 5.70. The van der Waals surface area contributed by atoms with Crippen molar-refractivity contribution in [3.63, 3.8) is 0 Å². The Labute approximate surface area is 140 Å². The van der Waals surface area contributed by atoms with Crippen LogP contribution in [0.15, 0.2) is 42.6 Å². The summed E-state index contributed by atoms with van der Waals surface area (Å²) in [6.45, 7) is 4.07. The molecule has 0 radical (unpaired) electrons. The van der Waals surface area contributed by atoms with Crippen LogP contribution in [-0.4, -0.2) is 15.3 Å². The molecule has 0 spiro atoms. The van der Waals surface area contributed by atoms with Gasteiger partial charge in [0.2, 0.25) is 0 Å². The molecule has 4 nitrogen and oxygen atoms in total. The van der Waals surface area contributed by atoms with Crippen LogP contribution in [0.5, 0.6) is 0 Å². The molecule has 2 aromatic heterocycles. The molecule has 1 amide bonds. The lowest BCUT2D eigenvalue weighted by Crippen LogP contribution is -2.17. The molecule has 0 atom stereocenters. The zero-order valence-electron chi connectivity index (χ0n) is 13.8. The van der Waals surface area contributed by atoms with Gasteiger partial charge in [0.25, 0.3) is 5.91 Å². The van der Waals surface area contributed by atoms with E-state index in [4.69, 9.17) is 0 Å². The van der Waals surface area contributed by atoms with E-state index in [2.05, 4.69) is 10.3 Å². The summed E-state index contributed by atoms with van der Waals surface area (Å²) < 4.78 is 15.2. The summed E-state index contributed by atoms with van der Waals surface area (Å²) in [5, 5.41) is 2.95. The Kier molecular flexibility index (Phi) is 4.60. The molecule has 0 saturated carbocycles. The highest BCUT2D eigenvalue weighted by atomic mass is 19.1. The van der Waals surface area contributed by atoms with Crippen LogP contribution in [0.2, 0.25) is 0 Å². The fraction of sp³-hybridized carbons (Fsp3) is 0.263. The number of carbonyl (C=O) groups is 1. The normalized spacial score (nSPS) is 11.0. The van der Waals surface area contributed by atoms with Crippen LogP contribution in [0.25, 0.3) is 5.65 Å². The van der Waals surface area contributed by atoms with E-state index in [0.29, 0.717) is 23.5 Å². The van der Waals surface area contributed by atoms with E-state index < -0.39 is 5.82 Å². The Hall–Kier alpha value is -2.69. The molecule has 0 unspecified atom stereocenters. The van der Waals surface area contributed by atoms with Crippen LogP contribution >= 0.6 is 0 Å².